The number of alkyl halides is 3. The molecule has 0 spiro atoms. The van der Waals surface area contributed by atoms with E-state index < -0.39 is 21.8 Å². The van der Waals surface area contributed by atoms with E-state index in [4.69, 9.17) is 39.5 Å². The third kappa shape index (κ3) is 5.68. The average molecular weight is 326 g/mol. The van der Waals surface area contributed by atoms with Gasteiger partial charge in [0.1, 0.15) is 5.75 Å². The van der Waals surface area contributed by atoms with Gasteiger partial charge in [-0.3, -0.25) is 9.59 Å². The fourth-order valence-electron chi connectivity index (χ4n) is 1.33. The maximum absolute atomic E-state index is 11.7. The molecule has 1 unspecified atom stereocenters. The van der Waals surface area contributed by atoms with E-state index in [-0.39, 0.29) is 0 Å². The molecule has 0 amide bonds. The summed E-state index contributed by atoms with van der Waals surface area (Å²) in [7, 11) is 0. The molecule has 0 bridgehead atoms. The molecule has 0 fully saturated rings. The van der Waals surface area contributed by atoms with E-state index in [1.807, 2.05) is 0 Å². The lowest BCUT2D eigenvalue weighted by atomic mass is 10.0. The third-order valence-corrected chi connectivity index (χ3v) is 2.44. The minimum absolute atomic E-state index is 0.387. The summed E-state index contributed by atoms with van der Waals surface area (Å²) in [5.41, 5.74) is 0.648. The molecule has 0 heterocycles. The first-order valence-electron chi connectivity index (χ1n) is 5.27. The normalized spacial score (nSPS) is 12.7. The fourth-order valence-corrected chi connectivity index (χ4v) is 1.56. The van der Waals surface area contributed by atoms with Gasteiger partial charge in [-0.15, -0.1) is 0 Å². The first-order valence-corrected chi connectivity index (χ1v) is 6.40. The largest absolute Gasteiger partial charge is 0.427 e. The van der Waals surface area contributed by atoms with Gasteiger partial charge in [0.25, 0.3) is 0 Å². The van der Waals surface area contributed by atoms with E-state index in [2.05, 4.69) is 4.74 Å². The lowest BCUT2D eigenvalue weighted by Crippen LogP contribution is -2.20. The number of ether oxygens (including phenoxy) is 2. The smallest absolute Gasteiger partial charge is 0.340 e. The number of halogens is 3. The summed E-state index contributed by atoms with van der Waals surface area (Å²) >= 11 is 16.1. The Morgan fingerprint density at radius 1 is 1.16 bits per heavy atom. The zero-order chi connectivity index (χ0) is 14.6. The van der Waals surface area contributed by atoms with Crippen LogP contribution in [0.15, 0.2) is 24.3 Å². The zero-order valence-electron chi connectivity index (χ0n) is 10.2. The van der Waals surface area contributed by atoms with Gasteiger partial charge in [0.15, 0.2) is 0 Å². The van der Waals surface area contributed by atoms with Crippen LogP contribution in [0.25, 0.3) is 0 Å². The quantitative estimate of drug-likeness (QED) is 0.484. The van der Waals surface area contributed by atoms with E-state index >= 15 is 0 Å². The molecule has 0 radical (unpaired) electrons. The number of esters is 2. The van der Waals surface area contributed by atoms with Crippen LogP contribution in [0.3, 0.4) is 0 Å². The van der Waals surface area contributed by atoms with E-state index in [0.29, 0.717) is 11.3 Å². The van der Waals surface area contributed by atoms with Crippen molar-refractivity contribution in [1.29, 1.82) is 0 Å². The summed E-state index contributed by atoms with van der Waals surface area (Å²) < 4.78 is 7.41. The SMILES string of the molecule is CC(=O)Oc1ccc(C(C)C(=O)OC(Cl)(Cl)Cl)cc1. The number of benzene rings is 1. The van der Waals surface area contributed by atoms with E-state index in [1.54, 1.807) is 31.2 Å². The molecule has 0 aromatic heterocycles. The van der Waals surface area contributed by atoms with E-state index in [9.17, 15) is 9.59 Å². The van der Waals surface area contributed by atoms with Gasteiger partial charge < -0.3 is 9.47 Å². The number of hydrogen-bond acceptors (Lipinski definition) is 4. The summed E-state index contributed by atoms with van der Waals surface area (Å²) in [6.07, 6.45) is 0. The molecule has 104 valence electrons. The molecule has 0 aliphatic carbocycles. The minimum Gasteiger partial charge on any atom is -0.427 e. The van der Waals surface area contributed by atoms with Gasteiger partial charge in [0.05, 0.1) is 5.92 Å². The Morgan fingerprint density at radius 2 is 1.68 bits per heavy atom. The second kappa shape index (κ2) is 6.46. The van der Waals surface area contributed by atoms with E-state index in [1.165, 1.54) is 6.92 Å². The highest BCUT2D eigenvalue weighted by atomic mass is 35.6. The Morgan fingerprint density at radius 3 is 2.11 bits per heavy atom. The molecule has 1 aromatic carbocycles. The molecule has 1 aromatic rings. The molecule has 19 heavy (non-hydrogen) atoms. The summed E-state index contributed by atoms with van der Waals surface area (Å²) in [6.45, 7) is 2.91. The predicted octanol–water partition coefficient (Wildman–Crippen LogP) is 3.59. The molecule has 1 atom stereocenters. The van der Waals surface area contributed by atoms with Crippen molar-refractivity contribution in [3.8, 4) is 5.75 Å². The van der Waals surface area contributed by atoms with Crippen molar-refractivity contribution in [2.24, 2.45) is 0 Å². The van der Waals surface area contributed by atoms with Gasteiger partial charge in [0, 0.05) is 6.92 Å². The Balaban J connectivity index is 2.75. The van der Waals surface area contributed by atoms with Crippen LogP contribution in [0.1, 0.15) is 25.3 Å². The van der Waals surface area contributed by atoms with Crippen LogP contribution >= 0.6 is 34.8 Å². The van der Waals surface area contributed by atoms with Crippen LogP contribution < -0.4 is 4.74 Å². The second-order valence-corrected chi connectivity index (χ2v) is 5.93. The standard InChI is InChI=1S/C12H11Cl3O4/c1-7(11(17)19-12(13,14)15)9-3-5-10(6-4-9)18-8(2)16/h3-7H,1-2H3. The fraction of sp³-hybridized carbons (Fsp3) is 0.333. The number of hydrogen-bond donors (Lipinski definition) is 0. The summed E-state index contributed by atoms with van der Waals surface area (Å²) in [6, 6.07) is 6.39. The summed E-state index contributed by atoms with van der Waals surface area (Å²) in [4.78, 5) is 22.4. The van der Waals surface area contributed by atoms with Crippen LogP contribution in [0.5, 0.6) is 5.75 Å². The summed E-state index contributed by atoms with van der Waals surface area (Å²) in [5.74, 6) is -1.31. The lowest BCUT2D eigenvalue weighted by molar-refractivity contribution is -0.145. The molecular formula is C12H11Cl3O4. The highest BCUT2D eigenvalue weighted by Crippen LogP contribution is 2.30. The number of carbonyl (C=O) groups excluding carboxylic acids is 2. The summed E-state index contributed by atoms with van der Waals surface area (Å²) in [5, 5.41) is 0. The maximum Gasteiger partial charge on any atom is 0.340 e. The van der Waals surface area contributed by atoms with Gasteiger partial charge in [-0.05, 0) is 59.4 Å². The highest BCUT2D eigenvalue weighted by molar-refractivity contribution is 6.66. The molecule has 0 saturated heterocycles. The molecule has 4 nitrogen and oxygen atoms in total. The molecule has 1 rings (SSSR count). The maximum atomic E-state index is 11.7. The van der Waals surface area contributed by atoms with Crippen molar-refractivity contribution in [2.45, 2.75) is 23.7 Å². The van der Waals surface area contributed by atoms with Crippen molar-refractivity contribution in [1.82, 2.24) is 0 Å². The van der Waals surface area contributed by atoms with Gasteiger partial charge in [-0.25, -0.2) is 0 Å². The minimum atomic E-state index is -2.08. The third-order valence-electron chi connectivity index (χ3n) is 2.21. The van der Waals surface area contributed by atoms with Crippen LogP contribution in [-0.2, 0) is 14.3 Å². The zero-order valence-corrected chi connectivity index (χ0v) is 12.4. The first-order chi connectivity index (χ1) is 8.69. The Hall–Kier alpha value is -0.970. The van der Waals surface area contributed by atoms with Crippen LogP contribution in [-0.4, -0.2) is 15.9 Å². The molecular weight excluding hydrogens is 314 g/mol. The number of carbonyl (C=O) groups is 2. The molecule has 0 aliphatic heterocycles. The van der Waals surface area contributed by atoms with E-state index in [0.717, 1.165) is 0 Å². The van der Waals surface area contributed by atoms with Crippen molar-refractivity contribution in [3.05, 3.63) is 29.8 Å². The van der Waals surface area contributed by atoms with Gasteiger partial charge in [-0.2, -0.15) is 0 Å². The van der Waals surface area contributed by atoms with Crippen LogP contribution in [0, 0.1) is 0 Å². The Bertz CT molecular complexity index is 465. The topological polar surface area (TPSA) is 52.6 Å². The Kier molecular flexibility index (Phi) is 5.47. The van der Waals surface area contributed by atoms with Crippen molar-refractivity contribution >= 4 is 46.7 Å². The van der Waals surface area contributed by atoms with Gasteiger partial charge in [0.2, 0.25) is 0 Å². The molecule has 7 heteroatoms. The molecule has 0 N–H and O–H groups in total. The number of rotatable bonds is 3. The van der Waals surface area contributed by atoms with Gasteiger partial charge >= 0.3 is 15.9 Å². The second-order valence-electron chi connectivity index (χ2n) is 3.75. The Labute approximate surface area is 125 Å². The van der Waals surface area contributed by atoms with Crippen LogP contribution in [0.4, 0.5) is 0 Å². The van der Waals surface area contributed by atoms with Crippen molar-refractivity contribution in [3.63, 3.8) is 0 Å². The monoisotopic (exact) mass is 324 g/mol. The van der Waals surface area contributed by atoms with Crippen molar-refractivity contribution in [2.75, 3.05) is 0 Å². The molecule has 0 aliphatic rings. The lowest BCUT2D eigenvalue weighted by Gasteiger charge is -2.16. The predicted molar refractivity (Wildman–Crippen MR) is 72.5 cm³/mol. The molecule has 0 saturated carbocycles. The highest BCUT2D eigenvalue weighted by Gasteiger charge is 2.28. The van der Waals surface area contributed by atoms with Gasteiger partial charge in [-0.1, -0.05) is 12.1 Å². The van der Waals surface area contributed by atoms with Crippen LogP contribution in [0.2, 0.25) is 0 Å². The first kappa shape index (κ1) is 16.1. The average Bonchev–Trinajstić information content (AvgIpc) is 2.26. The van der Waals surface area contributed by atoms with Crippen molar-refractivity contribution < 1.29 is 19.1 Å².